The first-order valence-corrected chi connectivity index (χ1v) is 11.7. The van der Waals surface area contributed by atoms with E-state index in [-0.39, 0.29) is 6.61 Å². The highest BCUT2D eigenvalue weighted by molar-refractivity contribution is 5.60. The number of benzene rings is 3. The smallest absolute Gasteiger partial charge is 0.272 e. The van der Waals surface area contributed by atoms with E-state index in [1.807, 2.05) is 128 Å². The lowest BCUT2D eigenvalue weighted by Crippen LogP contribution is -2.52. The average Bonchev–Trinajstić information content (AvgIpc) is 3.73. The summed E-state index contributed by atoms with van der Waals surface area (Å²) in [6.07, 6.45) is 5.56. The van der Waals surface area contributed by atoms with Crippen molar-refractivity contribution >= 4 is 0 Å². The van der Waals surface area contributed by atoms with Crippen LogP contribution in [0.25, 0.3) is 33.8 Å². The normalized spacial score (nSPS) is 11.6. The Morgan fingerprint density at radius 3 is 1.06 bits per heavy atom. The van der Waals surface area contributed by atoms with Crippen LogP contribution >= 0.6 is 0 Å². The molecule has 1 N–H and O–H groups in total. The van der Waals surface area contributed by atoms with E-state index in [2.05, 4.69) is 0 Å². The molecule has 0 fully saturated rings. The van der Waals surface area contributed by atoms with Crippen molar-refractivity contribution in [2.75, 3.05) is 6.61 Å². The Hall–Kier alpha value is -4.75. The van der Waals surface area contributed by atoms with Gasteiger partial charge in [-0.15, -0.1) is 0 Å². The molecule has 0 unspecified atom stereocenters. The molecule has 0 saturated carbocycles. The summed E-state index contributed by atoms with van der Waals surface area (Å²) in [6.45, 7) is -0.325. The molecule has 0 spiro atoms. The zero-order valence-corrected chi connectivity index (χ0v) is 19.5. The van der Waals surface area contributed by atoms with Gasteiger partial charge in [0.1, 0.15) is 6.61 Å². The fourth-order valence-corrected chi connectivity index (χ4v) is 4.39. The van der Waals surface area contributed by atoms with Crippen LogP contribution in [0.5, 0.6) is 0 Å². The lowest BCUT2D eigenvalue weighted by molar-refractivity contribution is 0.0373. The first-order valence-electron chi connectivity index (χ1n) is 11.7. The summed E-state index contributed by atoms with van der Waals surface area (Å²) in [5, 5.41) is 25.6. The van der Waals surface area contributed by atoms with Crippen molar-refractivity contribution in [2.45, 2.75) is 5.79 Å². The molecule has 0 amide bonds. The third-order valence-electron chi connectivity index (χ3n) is 6.29. The van der Waals surface area contributed by atoms with Crippen molar-refractivity contribution in [3.63, 3.8) is 0 Å². The SMILES string of the molecule is OCC(n1ccc(-c2ccccc2)n1)(n1ccc(-c2ccccc2)n1)n1ccc(-c2ccccc2)n1. The Bertz CT molecular complexity index is 1380. The predicted molar refractivity (Wildman–Crippen MR) is 139 cm³/mol. The van der Waals surface area contributed by atoms with Gasteiger partial charge in [0.2, 0.25) is 0 Å². The molecule has 3 aromatic carbocycles. The van der Waals surface area contributed by atoms with Gasteiger partial charge in [0.05, 0.1) is 17.1 Å². The van der Waals surface area contributed by atoms with Gasteiger partial charge >= 0.3 is 0 Å². The van der Waals surface area contributed by atoms with Crippen LogP contribution in [-0.2, 0) is 5.79 Å². The first kappa shape index (κ1) is 21.8. The minimum absolute atomic E-state index is 0.325. The van der Waals surface area contributed by atoms with Crippen molar-refractivity contribution in [3.8, 4) is 33.8 Å². The molecule has 0 radical (unpaired) electrons. The van der Waals surface area contributed by atoms with Crippen molar-refractivity contribution in [1.29, 1.82) is 0 Å². The van der Waals surface area contributed by atoms with E-state index in [1.54, 1.807) is 14.0 Å². The van der Waals surface area contributed by atoms with Gasteiger partial charge in [-0.1, -0.05) is 91.0 Å². The van der Waals surface area contributed by atoms with Gasteiger partial charge in [-0.25, -0.2) is 14.0 Å². The number of aliphatic hydroxyl groups is 1. The molecule has 7 nitrogen and oxygen atoms in total. The first-order chi connectivity index (χ1) is 17.8. The molecule has 0 saturated heterocycles. The van der Waals surface area contributed by atoms with Gasteiger partial charge in [0.15, 0.2) is 0 Å². The maximum atomic E-state index is 11.0. The van der Waals surface area contributed by atoms with Crippen LogP contribution in [0.3, 0.4) is 0 Å². The highest BCUT2D eigenvalue weighted by atomic mass is 16.3. The number of aliphatic hydroxyl groups excluding tert-OH is 1. The van der Waals surface area contributed by atoms with Crippen LogP contribution in [0.2, 0.25) is 0 Å². The van der Waals surface area contributed by atoms with Gasteiger partial charge in [0.25, 0.3) is 5.79 Å². The van der Waals surface area contributed by atoms with E-state index < -0.39 is 5.79 Å². The summed E-state index contributed by atoms with van der Waals surface area (Å²) < 4.78 is 5.16. The van der Waals surface area contributed by atoms with Crippen LogP contribution in [0, 0.1) is 0 Å². The highest BCUT2D eigenvalue weighted by Crippen LogP contribution is 2.28. The van der Waals surface area contributed by atoms with E-state index in [1.165, 1.54) is 0 Å². The monoisotopic (exact) mass is 472 g/mol. The Balaban J connectivity index is 1.51. The molecule has 6 aromatic rings. The van der Waals surface area contributed by atoms with Crippen LogP contribution < -0.4 is 0 Å². The molecule has 6 rings (SSSR count). The summed E-state index contributed by atoms with van der Waals surface area (Å²) in [6, 6.07) is 35.7. The number of rotatable bonds is 7. The molecule has 7 heteroatoms. The average molecular weight is 473 g/mol. The molecule has 0 bridgehead atoms. The molecular weight excluding hydrogens is 448 g/mol. The maximum Gasteiger partial charge on any atom is 0.272 e. The fourth-order valence-electron chi connectivity index (χ4n) is 4.39. The molecule has 0 aliphatic carbocycles. The molecule has 176 valence electrons. The Kier molecular flexibility index (Phi) is 5.52. The van der Waals surface area contributed by atoms with Gasteiger partial charge in [-0.2, -0.15) is 15.3 Å². The van der Waals surface area contributed by atoms with E-state index in [0.717, 1.165) is 33.8 Å². The standard InChI is InChI=1S/C29H24N6O/c36-22-29(33-19-16-26(30-33)23-10-4-1-5-11-23,34-20-17-27(31-34)24-12-6-2-7-13-24)35-21-18-28(32-35)25-14-8-3-9-15-25/h1-21,36H,22H2. The second-order valence-corrected chi connectivity index (χ2v) is 8.47. The Morgan fingerprint density at radius 1 is 0.472 bits per heavy atom. The molecule has 3 heterocycles. The van der Waals surface area contributed by atoms with E-state index in [4.69, 9.17) is 15.3 Å². The van der Waals surface area contributed by atoms with Crippen LogP contribution in [0.15, 0.2) is 128 Å². The van der Waals surface area contributed by atoms with Gasteiger partial charge in [-0.3, -0.25) is 0 Å². The number of aromatic nitrogens is 6. The third-order valence-corrected chi connectivity index (χ3v) is 6.29. The maximum absolute atomic E-state index is 11.0. The quantitative estimate of drug-likeness (QED) is 0.356. The number of hydrogen-bond acceptors (Lipinski definition) is 4. The molecule has 0 aliphatic rings. The van der Waals surface area contributed by atoms with E-state index >= 15 is 0 Å². The van der Waals surface area contributed by atoms with Crippen LogP contribution in [0.1, 0.15) is 0 Å². The summed E-state index contributed by atoms with van der Waals surface area (Å²) >= 11 is 0. The molecule has 0 atom stereocenters. The zero-order chi connectivity index (χ0) is 24.4. The summed E-state index contributed by atoms with van der Waals surface area (Å²) in [7, 11) is 0. The van der Waals surface area contributed by atoms with Crippen molar-refractivity contribution in [1.82, 2.24) is 29.3 Å². The van der Waals surface area contributed by atoms with Crippen molar-refractivity contribution < 1.29 is 5.11 Å². The lowest BCUT2D eigenvalue weighted by Gasteiger charge is -2.33. The van der Waals surface area contributed by atoms with Gasteiger partial charge < -0.3 is 5.11 Å². The lowest BCUT2D eigenvalue weighted by atomic mass is 10.2. The summed E-state index contributed by atoms with van der Waals surface area (Å²) in [4.78, 5) is 0. The van der Waals surface area contributed by atoms with Crippen molar-refractivity contribution in [3.05, 3.63) is 128 Å². The van der Waals surface area contributed by atoms with E-state index in [9.17, 15) is 5.11 Å². The topological polar surface area (TPSA) is 73.7 Å². The second kappa shape index (κ2) is 9.13. The Morgan fingerprint density at radius 2 is 0.778 bits per heavy atom. The highest BCUT2D eigenvalue weighted by Gasteiger charge is 2.39. The Labute approximate surface area is 208 Å². The van der Waals surface area contributed by atoms with Gasteiger partial charge in [0, 0.05) is 35.3 Å². The van der Waals surface area contributed by atoms with Crippen LogP contribution in [0.4, 0.5) is 0 Å². The molecule has 0 aliphatic heterocycles. The van der Waals surface area contributed by atoms with Crippen molar-refractivity contribution in [2.24, 2.45) is 0 Å². The van der Waals surface area contributed by atoms with E-state index in [0.29, 0.717) is 0 Å². The summed E-state index contributed by atoms with van der Waals surface area (Å²) in [5.41, 5.74) is 5.33. The molecule has 3 aromatic heterocycles. The molecular formula is C29H24N6O. The predicted octanol–water partition coefficient (Wildman–Crippen LogP) is 4.98. The number of nitrogens with zero attached hydrogens (tertiary/aromatic N) is 6. The third kappa shape index (κ3) is 3.72. The largest absolute Gasteiger partial charge is 0.390 e. The van der Waals surface area contributed by atoms with Gasteiger partial charge in [-0.05, 0) is 18.2 Å². The second-order valence-electron chi connectivity index (χ2n) is 8.47. The minimum atomic E-state index is -1.26. The number of hydrogen-bond donors (Lipinski definition) is 1. The molecule has 36 heavy (non-hydrogen) atoms. The zero-order valence-electron chi connectivity index (χ0n) is 19.5. The summed E-state index contributed by atoms with van der Waals surface area (Å²) in [5.74, 6) is -1.26. The van der Waals surface area contributed by atoms with Crippen LogP contribution in [-0.4, -0.2) is 41.1 Å². The minimum Gasteiger partial charge on any atom is -0.390 e. The fraction of sp³-hybridized carbons (Fsp3) is 0.0690.